The molecule has 1 amide bonds. The van der Waals surface area contributed by atoms with Crippen LogP contribution in [-0.4, -0.2) is 32.7 Å². The highest BCUT2D eigenvalue weighted by molar-refractivity contribution is 5.93. The van der Waals surface area contributed by atoms with Gasteiger partial charge in [0.25, 0.3) is 0 Å². The number of rotatable bonds is 5. The number of nitrogens with zero attached hydrogens (tertiary/aromatic N) is 1. The number of halogens is 1. The smallest absolute Gasteiger partial charge is 0.229 e. The van der Waals surface area contributed by atoms with E-state index in [1.54, 1.807) is 19.1 Å². The Balaban J connectivity index is 0.00000289. The van der Waals surface area contributed by atoms with Crippen LogP contribution in [0.4, 0.5) is 5.69 Å². The topological polar surface area (TPSA) is 55.6 Å². The number of methoxy groups -OCH3 is 1. The highest BCUT2D eigenvalue weighted by Gasteiger charge is 2.16. The van der Waals surface area contributed by atoms with E-state index in [0.717, 1.165) is 5.69 Å². The number of hydrogen-bond acceptors (Lipinski definition) is 3. The lowest BCUT2D eigenvalue weighted by molar-refractivity contribution is -0.120. The molecule has 0 aromatic heterocycles. The van der Waals surface area contributed by atoms with Gasteiger partial charge in [-0.25, -0.2) is 0 Å². The van der Waals surface area contributed by atoms with Gasteiger partial charge in [-0.2, -0.15) is 0 Å². The first-order valence-corrected chi connectivity index (χ1v) is 5.64. The van der Waals surface area contributed by atoms with Crippen LogP contribution in [0, 0.1) is 6.92 Å². The summed E-state index contributed by atoms with van der Waals surface area (Å²) in [6.07, 6.45) is 0.0904. The predicted octanol–water partition coefficient (Wildman–Crippen LogP) is 1.74. The Bertz CT molecular complexity index is 364. The zero-order valence-electron chi connectivity index (χ0n) is 11.1. The Morgan fingerprint density at radius 2 is 1.94 bits per heavy atom. The molecule has 4 nitrogen and oxygen atoms in total. The molecule has 18 heavy (non-hydrogen) atoms. The van der Waals surface area contributed by atoms with Gasteiger partial charge in [0.2, 0.25) is 5.91 Å². The van der Waals surface area contributed by atoms with Gasteiger partial charge in [-0.1, -0.05) is 17.7 Å². The van der Waals surface area contributed by atoms with E-state index in [9.17, 15) is 4.79 Å². The van der Waals surface area contributed by atoms with Crippen LogP contribution < -0.4 is 10.6 Å². The van der Waals surface area contributed by atoms with Crippen molar-refractivity contribution < 1.29 is 9.53 Å². The number of aryl methyl sites for hydroxylation is 1. The molecule has 0 bridgehead atoms. The molecule has 1 aromatic carbocycles. The average Bonchev–Trinajstić information content (AvgIpc) is 2.35. The summed E-state index contributed by atoms with van der Waals surface area (Å²) >= 11 is 0. The Morgan fingerprint density at radius 1 is 1.39 bits per heavy atom. The van der Waals surface area contributed by atoms with Crippen LogP contribution >= 0.6 is 12.4 Å². The van der Waals surface area contributed by atoms with Gasteiger partial charge in [0.05, 0.1) is 12.5 Å². The standard InChI is InChI=1S/C13H20N2O2.ClH/c1-10-4-6-11(7-5-10)15(2)13(16)8-12(9-14)17-3;/h4-7,12H,8-9,14H2,1-3H3;1H. The van der Waals surface area contributed by atoms with Crippen molar-refractivity contribution in [2.75, 3.05) is 25.6 Å². The van der Waals surface area contributed by atoms with Crippen molar-refractivity contribution in [1.82, 2.24) is 0 Å². The second-order valence-corrected chi connectivity index (χ2v) is 4.09. The van der Waals surface area contributed by atoms with E-state index in [1.807, 2.05) is 31.2 Å². The fraction of sp³-hybridized carbons (Fsp3) is 0.462. The predicted molar refractivity (Wildman–Crippen MR) is 76.3 cm³/mol. The summed E-state index contributed by atoms with van der Waals surface area (Å²) < 4.78 is 5.10. The van der Waals surface area contributed by atoms with Gasteiger partial charge in [-0.15, -0.1) is 12.4 Å². The lowest BCUT2D eigenvalue weighted by Crippen LogP contribution is -2.33. The molecule has 1 atom stereocenters. The molecule has 0 aliphatic carbocycles. The molecule has 1 unspecified atom stereocenters. The fourth-order valence-electron chi connectivity index (χ4n) is 1.51. The zero-order chi connectivity index (χ0) is 12.8. The number of benzene rings is 1. The Kier molecular flexibility index (Phi) is 7.59. The first-order chi connectivity index (χ1) is 8.08. The number of carbonyl (C=O) groups is 1. The third-order valence-corrected chi connectivity index (χ3v) is 2.79. The summed E-state index contributed by atoms with van der Waals surface area (Å²) in [5.74, 6) is 0.00570. The van der Waals surface area contributed by atoms with Crippen molar-refractivity contribution in [3.8, 4) is 0 Å². The van der Waals surface area contributed by atoms with Crippen LogP contribution in [0.5, 0.6) is 0 Å². The molecule has 0 aliphatic heterocycles. The number of nitrogens with two attached hydrogens (primary N) is 1. The molecule has 5 heteroatoms. The van der Waals surface area contributed by atoms with Gasteiger partial charge in [-0.3, -0.25) is 4.79 Å². The number of anilines is 1. The molecular formula is C13H21ClN2O2. The number of carbonyl (C=O) groups excluding carboxylic acids is 1. The molecule has 0 saturated heterocycles. The van der Waals surface area contributed by atoms with Crippen LogP contribution in [0.3, 0.4) is 0 Å². The highest BCUT2D eigenvalue weighted by atomic mass is 35.5. The fourth-order valence-corrected chi connectivity index (χ4v) is 1.51. The molecule has 0 fully saturated rings. The molecule has 1 aromatic rings. The molecule has 0 radical (unpaired) electrons. The van der Waals surface area contributed by atoms with Crippen molar-refractivity contribution in [2.24, 2.45) is 5.73 Å². The summed E-state index contributed by atoms with van der Waals surface area (Å²) in [4.78, 5) is 13.6. The number of ether oxygens (including phenoxy) is 1. The van der Waals surface area contributed by atoms with Gasteiger partial charge in [0.1, 0.15) is 0 Å². The van der Waals surface area contributed by atoms with Gasteiger partial charge in [-0.05, 0) is 19.1 Å². The molecule has 0 spiro atoms. The monoisotopic (exact) mass is 272 g/mol. The van der Waals surface area contributed by atoms with Crippen molar-refractivity contribution in [1.29, 1.82) is 0 Å². The first-order valence-electron chi connectivity index (χ1n) is 5.64. The Morgan fingerprint density at radius 3 is 2.39 bits per heavy atom. The second-order valence-electron chi connectivity index (χ2n) is 4.09. The average molecular weight is 273 g/mol. The van der Waals surface area contributed by atoms with Gasteiger partial charge in [0.15, 0.2) is 0 Å². The van der Waals surface area contributed by atoms with Crippen LogP contribution in [0.15, 0.2) is 24.3 Å². The third-order valence-electron chi connectivity index (χ3n) is 2.79. The normalized spacial score (nSPS) is 11.6. The van der Waals surface area contributed by atoms with Crippen LogP contribution in [0.25, 0.3) is 0 Å². The summed E-state index contributed by atoms with van der Waals surface area (Å²) in [5.41, 5.74) is 7.55. The van der Waals surface area contributed by atoms with E-state index >= 15 is 0 Å². The Labute approximate surface area is 115 Å². The molecule has 102 valence electrons. The zero-order valence-corrected chi connectivity index (χ0v) is 11.9. The van der Waals surface area contributed by atoms with Crippen molar-refractivity contribution in [3.05, 3.63) is 29.8 Å². The van der Waals surface area contributed by atoms with Crippen molar-refractivity contribution in [3.63, 3.8) is 0 Å². The first kappa shape index (κ1) is 16.9. The molecule has 0 aliphatic rings. The highest BCUT2D eigenvalue weighted by Crippen LogP contribution is 2.15. The van der Waals surface area contributed by atoms with Crippen LogP contribution in [-0.2, 0) is 9.53 Å². The lowest BCUT2D eigenvalue weighted by Gasteiger charge is -2.20. The van der Waals surface area contributed by atoms with Gasteiger partial charge < -0.3 is 15.4 Å². The number of hydrogen-bond donors (Lipinski definition) is 1. The summed E-state index contributed by atoms with van der Waals surface area (Å²) in [5, 5.41) is 0. The maximum atomic E-state index is 11.9. The van der Waals surface area contributed by atoms with Crippen molar-refractivity contribution >= 4 is 24.0 Å². The van der Waals surface area contributed by atoms with Gasteiger partial charge in [0, 0.05) is 26.4 Å². The quantitative estimate of drug-likeness (QED) is 0.888. The SMILES string of the molecule is COC(CN)CC(=O)N(C)c1ccc(C)cc1.Cl. The summed E-state index contributed by atoms with van der Waals surface area (Å²) in [6, 6.07) is 7.82. The summed E-state index contributed by atoms with van der Waals surface area (Å²) in [6.45, 7) is 2.37. The Hall–Kier alpha value is -1.10. The van der Waals surface area contributed by atoms with E-state index in [0.29, 0.717) is 13.0 Å². The lowest BCUT2D eigenvalue weighted by atomic mass is 10.2. The second kappa shape index (κ2) is 8.08. The van der Waals surface area contributed by atoms with Gasteiger partial charge >= 0.3 is 0 Å². The maximum absolute atomic E-state index is 11.9. The van der Waals surface area contributed by atoms with E-state index in [2.05, 4.69) is 0 Å². The molecule has 0 saturated carbocycles. The van der Waals surface area contributed by atoms with Crippen LogP contribution in [0.2, 0.25) is 0 Å². The van der Waals surface area contributed by atoms with E-state index in [4.69, 9.17) is 10.5 Å². The minimum atomic E-state index is -0.213. The molecule has 1 rings (SSSR count). The minimum Gasteiger partial charge on any atom is -0.380 e. The third kappa shape index (κ3) is 4.64. The largest absolute Gasteiger partial charge is 0.380 e. The van der Waals surface area contributed by atoms with E-state index < -0.39 is 0 Å². The number of amides is 1. The van der Waals surface area contributed by atoms with E-state index in [1.165, 1.54) is 5.56 Å². The van der Waals surface area contributed by atoms with E-state index in [-0.39, 0.29) is 24.4 Å². The maximum Gasteiger partial charge on any atom is 0.229 e. The minimum absolute atomic E-state index is 0. The van der Waals surface area contributed by atoms with Crippen LogP contribution in [0.1, 0.15) is 12.0 Å². The molecule has 0 heterocycles. The molecule has 2 N–H and O–H groups in total. The summed E-state index contributed by atoms with van der Waals surface area (Å²) in [7, 11) is 3.33. The van der Waals surface area contributed by atoms with Crippen molar-refractivity contribution in [2.45, 2.75) is 19.4 Å². The molecular weight excluding hydrogens is 252 g/mol.